The molecule has 0 amide bonds. The summed E-state index contributed by atoms with van der Waals surface area (Å²) >= 11 is 0. The lowest BCUT2D eigenvalue weighted by molar-refractivity contribution is 0.00464. The maximum absolute atomic E-state index is 5.67. The Morgan fingerprint density at radius 1 is 1.33 bits per heavy atom. The Kier molecular flexibility index (Phi) is 2.50. The summed E-state index contributed by atoms with van der Waals surface area (Å²) in [4.78, 5) is 2.49. The van der Waals surface area contributed by atoms with Gasteiger partial charge < -0.3 is 10.6 Å². The minimum atomic E-state index is 0.288. The zero-order valence-electron chi connectivity index (χ0n) is 8.85. The first-order valence-corrected chi connectivity index (χ1v) is 4.77. The Bertz CT molecular complexity index is 153. The molecule has 1 heterocycles. The molecular formula is C10H22N2. The van der Waals surface area contributed by atoms with Gasteiger partial charge in [-0.3, -0.25) is 0 Å². The van der Waals surface area contributed by atoms with E-state index in [1.165, 1.54) is 13.1 Å². The van der Waals surface area contributed by atoms with Crippen LogP contribution < -0.4 is 5.73 Å². The van der Waals surface area contributed by atoms with Crippen molar-refractivity contribution in [1.29, 1.82) is 0 Å². The van der Waals surface area contributed by atoms with Crippen molar-refractivity contribution in [3.63, 3.8) is 0 Å². The SMILES string of the molecule is CC(C)(CN)CN1CC(C)(C)C1. The Labute approximate surface area is 76.1 Å². The molecule has 0 aliphatic carbocycles. The van der Waals surface area contributed by atoms with E-state index in [2.05, 4.69) is 32.6 Å². The van der Waals surface area contributed by atoms with Crippen molar-refractivity contribution in [3.8, 4) is 0 Å². The Hall–Kier alpha value is -0.0800. The molecule has 0 aromatic carbocycles. The molecule has 0 atom stereocenters. The van der Waals surface area contributed by atoms with E-state index in [4.69, 9.17) is 5.73 Å². The van der Waals surface area contributed by atoms with Crippen molar-refractivity contribution in [2.24, 2.45) is 16.6 Å². The van der Waals surface area contributed by atoms with Crippen LogP contribution in [0.2, 0.25) is 0 Å². The highest BCUT2D eigenvalue weighted by Gasteiger charge is 2.36. The highest BCUT2D eigenvalue weighted by atomic mass is 15.2. The van der Waals surface area contributed by atoms with Crippen LogP contribution in [0.1, 0.15) is 27.7 Å². The first-order chi connectivity index (χ1) is 5.35. The summed E-state index contributed by atoms with van der Waals surface area (Å²) < 4.78 is 0. The van der Waals surface area contributed by atoms with Crippen LogP contribution >= 0.6 is 0 Å². The summed E-state index contributed by atoms with van der Waals surface area (Å²) in [7, 11) is 0. The third-order valence-corrected chi connectivity index (χ3v) is 2.51. The standard InChI is InChI=1S/C10H22N2/c1-9(2,5-11)6-12-7-10(3,4)8-12/h5-8,11H2,1-4H3. The van der Waals surface area contributed by atoms with E-state index >= 15 is 0 Å². The normalized spacial score (nSPS) is 23.8. The van der Waals surface area contributed by atoms with Gasteiger partial charge in [-0.2, -0.15) is 0 Å². The van der Waals surface area contributed by atoms with Crippen LogP contribution in [0, 0.1) is 10.8 Å². The number of nitrogens with zero attached hydrogens (tertiary/aromatic N) is 1. The second-order valence-corrected chi connectivity index (χ2v) is 5.68. The molecule has 12 heavy (non-hydrogen) atoms. The summed E-state index contributed by atoms with van der Waals surface area (Å²) in [6.45, 7) is 13.5. The summed E-state index contributed by atoms with van der Waals surface area (Å²) in [6.07, 6.45) is 0. The smallest absolute Gasteiger partial charge is 0.00454 e. The van der Waals surface area contributed by atoms with Crippen molar-refractivity contribution in [2.45, 2.75) is 27.7 Å². The van der Waals surface area contributed by atoms with Gasteiger partial charge in [0.05, 0.1) is 0 Å². The average Bonchev–Trinajstić information content (AvgIpc) is 1.83. The summed E-state index contributed by atoms with van der Waals surface area (Å²) in [5, 5.41) is 0. The van der Waals surface area contributed by atoms with Crippen LogP contribution in [0.4, 0.5) is 0 Å². The van der Waals surface area contributed by atoms with E-state index in [1.54, 1.807) is 0 Å². The van der Waals surface area contributed by atoms with Crippen molar-refractivity contribution in [1.82, 2.24) is 4.90 Å². The summed E-state index contributed by atoms with van der Waals surface area (Å²) in [5.41, 5.74) is 6.51. The van der Waals surface area contributed by atoms with Gasteiger partial charge in [0, 0.05) is 19.6 Å². The quantitative estimate of drug-likeness (QED) is 0.692. The lowest BCUT2D eigenvalue weighted by Gasteiger charge is -2.48. The molecule has 1 aliphatic rings. The number of likely N-dealkylation sites (tertiary alicyclic amines) is 1. The molecule has 2 heteroatoms. The predicted molar refractivity (Wildman–Crippen MR) is 53.1 cm³/mol. The Morgan fingerprint density at radius 2 is 1.83 bits per heavy atom. The van der Waals surface area contributed by atoms with Gasteiger partial charge in [0.2, 0.25) is 0 Å². The van der Waals surface area contributed by atoms with Crippen LogP contribution in [-0.2, 0) is 0 Å². The second kappa shape index (κ2) is 3.00. The molecule has 1 saturated heterocycles. The molecule has 2 N–H and O–H groups in total. The summed E-state index contributed by atoms with van der Waals surface area (Å²) in [5.74, 6) is 0. The van der Waals surface area contributed by atoms with Crippen LogP contribution in [0.25, 0.3) is 0 Å². The first-order valence-electron chi connectivity index (χ1n) is 4.77. The molecule has 1 rings (SSSR count). The van der Waals surface area contributed by atoms with E-state index in [9.17, 15) is 0 Å². The maximum atomic E-state index is 5.67. The molecule has 0 aromatic rings. The third kappa shape index (κ3) is 2.46. The van der Waals surface area contributed by atoms with Gasteiger partial charge in [0.15, 0.2) is 0 Å². The minimum absolute atomic E-state index is 0.288. The molecule has 0 bridgehead atoms. The van der Waals surface area contributed by atoms with E-state index in [1.807, 2.05) is 0 Å². The predicted octanol–water partition coefficient (Wildman–Crippen LogP) is 1.31. The maximum Gasteiger partial charge on any atom is 0.00454 e. The number of rotatable bonds is 3. The molecule has 0 unspecified atom stereocenters. The van der Waals surface area contributed by atoms with E-state index in [0.717, 1.165) is 13.1 Å². The molecular weight excluding hydrogens is 148 g/mol. The van der Waals surface area contributed by atoms with Gasteiger partial charge >= 0.3 is 0 Å². The fourth-order valence-corrected chi connectivity index (χ4v) is 1.95. The fraction of sp³-hybridized carbons (Fsp3) is 1.00. The van der Waals surface area contributed by atoms with Crippen LogP contribution in [-0.4, -0.2) is 31.1 Å². The van der Waals surface area contributed by atoms with Crippen LogP contribution in [0.3, 0.4) is 0 Å². The summed E-state index contributed by atoms with van der Waals surface area (Å²) in [6, 6.07) is 0. The molecule has 72 valence electrons. The Balaban J connectivity index is 2.27. The molecule has 0 aromatic heterocycles. The van der Waals surface area contributed by atoms with Gasteiger partial charge in [-0.15, -0.1) is 0 Å². The monoisotopic (exact) mass is 170 g/mol. The van der Waals surface area contributed by atoms with Gasteiger partial charge in [-0.25, -0.2) is 0 Å². The minimum Gasteiger partial charge on any atom is -0.330 e. The van der Waals surface area contributed by atoms with Crippen molar-refractivity contribution in [2.75, 3.05) is 26.2 Å². The average molecular weight is 170 g/mol. The van der Waals surface area contributed by atoms with Gasteiger partial charge in [-0.05, 0) is 17.4 Å². The Morgan fingerprint density at radius 3 is 2.17 bits per heavy atom. The molecule has 0 radical (unpaired) electrons. The first kappa shape index (κ1) is 10.0. The largest absolute Gasteiger partial charge is 0.330 e. The molecule has 2 nitrogen and oxygen atoms in total. The number of hydrogen-bond acceptors (Lipinski definition) is 2. The van der Waals surface area contributed by atoms with E-state index < -0.39 is 0 Å². The van der Waals surface area contributed by atoms with Crippen LogP contribution in [0.15, 0.2) is 0 Å². The van der Waals surface area contributed by atoms with Gasteiger partial charge in [0.25, 0.3) is 0 Å². The molecule has 0 spiro atoms. The zero-order chi connectivity index (χ0) is 9.41. The topological polar surface area (TPSA) is 29.3 Å². The second-order valence-electron chi connectivity index (χ2n) is 5.68. The van der Waals surface area contributed by atoms with E-state index in [0.29, 0.717) is 5.41 Å². The van der Waals surface area contributed by atoms with Gasteiger partial charge in [-0.1, -0.05) is 27.7 Å². The third-order valence-electron chi connectivity index (χ3n) is 2.51. The number of nitrogens with two attached hydrogens (primary N) is 1. The van der Waals surface area contributed by atoms with E-state index in [-0.39, 0.29) is 5.41 Å². The highest BCUT2D eigenvalue weighted by Crippen LogP contribution is 2.31. The molecule has 0 saturated carbocycles. The number of hydrogen-bond donors (Lipinski definition) is 1. The lowest BCUT2D eigenvalue weighted by atomic mass is 9.81. The van der Waals surface area contributed by atoms with Crippen molar-refractivity contribution >= 4 is 0 Å². The van der Waals surface area contributed by atoms with Crippen molar-refractivity contribution < 1.29 is 0 Å². The zero-order valence-corrected chi connectivity index (χ0v) is 8.85. The molecule has 1 fully saturated rings. The fourth-order valence-electron chi connectivity index (χ4n) is 1.95. The van der Waals surface area contributed by atoms with Crippen LogP contribution in [0.5, 0.6) is 0 Å². The lowest BCUT2D eigenvalue weighted by Crippen LogP contribution is -2.56. The van der Waals surface area contributed by atoms with Crippen molar-refractivity contribution in [3.05, 3.63) is 0 Å². The van der Waals surface area contributed by atoms with Gasteiger partial charge in [0.1, 0.15) is 0 Å². The molecule has 1 aliphatic heterocycles. The highest BCUT2D eigenvalue weighted by molar-refractivity contribution is 4.90.